The van der Waals surface area contributed by atoms with Crippen LogP contribution in [0.3, 0.4) is 0 Å². The molecule has 0 aromatic heterocycles. The molecular weight excluding hydrogens is 234 g/mol. The van der Waals surface area contributed by atoms with Crippen LogP contribution in [0.25, 0.3) is 0 Å². The topological polar surface area (TPSA) is 138 Å². The molecule has 0 aromatic carbocycles. The summed E-state index contributed by atoms with van der Waals surface area (Å²) >= 11 is 1.60. The highest BCUT2D eigenvalue weighted by Crippen LogP contribution is 1.97. The maximum atomic E-state index is 10.1. The van der Waals surface area contributed by atoms with Crippen molar-refractivity contribution in [2.45, 2.75) is 12.5 Å². The Hall–Kier alpha value is -0.350. The predicted molar refractivity (Wildman–Crippen MR) is 52.8 cm³/mol. The van der Waals surface area contributed by atoms with Gasteiger partial charge < -0.3 is 10.8 Å². The third kappa shape index (κ3) is 22.6. The van der Waals surface area contributed by atoms with Gasteiger partial charge in [0.15, 0.2) is 0 Å². The second kappa shape index (κ2) is 8.00. The summed E-state index contributed by atoms with van der Waals surface area (Å²) in [7, 11) is -4.67. The minimum absolute atomic E-state index is 0.552. The first-order valence-corrected chi connectivity index (χ1v) is 6.14. The lowest BCUT2D eigenvalue weighted by molar-refractivity contribution is -0.138. The number of hydrogen-bond acceptors (Lipinski definition) is 5. The zero-order valence-electron chi connectivity index (χ0n) is 7.45. The molecule has 7 nitrogen and oxygen atoms in total. The second-order valence-electron chi connectivity index (χ2n) is 2.17. The summed E-state index contributed by atoms with van der Waals surface area (Å²) in [5.74, 6) is -0.1000. The van der Waals surface area contributed by atoms with Crippen molar-refractivity contribution in [3.05, 3.63) is 0 Å². The minimum Gasteiger partial charge on any atom is -0.480 e. The summed E-state index contributed by atoms with van der Waals surface area (Å²) in [6.07, 6.45) is 2.48. The number of carboxylic acids is 1. The van der Waals surface area contributed by atoms with E-state index in [4.69, 9.17) is 28.4 Å². The van der Waals surface area contributed by atoms with Gasteiger partial charge in [-0.1, -0.05) is 0 Å². The molecule has 0 spiro atoms. The Labute approximate surface area is 86.3 Å². The molecule has 0 aliphatic rings. The van der Waals surface area contributed by atoms with Crippen molar-refractivity contribution in [1.82, 2.24) is 0 Å². The fourth-order valence-corrected chi connectivity index (χ4v) is 0.858. The summed E-state index contributed by atoms with van der Waals surface area (Å²) < 4.78 is 31.6. The lowest BCUT2D eigenvalue weighted by Crippen LogP contribution is -2.30. The van der Waals surface area contributed by atoms with Gasteiger partial charge in [0.05, 0.1) is 0 Å². The number of carbonyl (C=O) groups is 1. The highest BCUT2D eigenvalue weighted by molar-refractivity contribution is 7.98. The van der Waals surface area contributed by atoms with E-state index in [1.165, 1.54) is 0 Å². The molecule has 0 saturated carbocycles. The molecule has 0 radical (unpaired) electrons. The molecular formula is C5H13NO6S2. The van der Waals surface area contributed by atoms with E-state index in [2.05, 4.69) is 0 Å². The van der Waals surface area contributed by atoms with E-state index >= 15 is 0 Å². The first-order valence-electron chi connectivity index (χ1n) is 3.35. The molecule has 0 fully saturated rings. The maximum Gasteiger partial charge on any atom is 0.394 e. The Bertz CT molecular complexity index is 243. The van der Waals surface area contributed by atoms with Crippen LogP contribution in [-0.2, 0) is 15.2 Å². The van der Waals surface area contributed by atoms with Crippen LogP contribution in [0.1, 0.15) is 6.42 Å². The summed E-state index contributed by atoms with van der Waals surface area (Å²) in [5.41, 5.74) is 5.19. The van der Waals surface area contributed by atoms with Crippen LogP contribution in [0.15, 0.2) is 0 Å². The largest absolute Gasteiger partial charge is 0.480 e. The molecule has 9 heteroatoms. The van der Waals surface area contributed by atoms with Crippen LogP contribution in [0.4, 0.5) is 0 Å². The lowest BCUT2D eigenvalue weighted by Gasteiger charge is -2.02. The molecule has 0 aliphatic carbocycles. The lowest BCUT2D eigenvalue weighted by atomic mass is 10.2. The van der Waals surface area contributed by atoms with Gasteiger partial charge in [-0.05, 0) is 18.4 Å². The van der Waals surface area contributed by atoms with Gasteiger partial charge in [-0.25, -0.2) is 0 Å². The monoisotopic (exact) mass is 247 g/mol. The van der Waals surface area contributed by atoms with Crippen molar-refractivity contribution >= 4 is 28.1 Å². The zero-order valence-corrected chi connectivity index (χ0v) is 9.08. The van der Waals surface area contributed by atoms with Crippen molar-refractivity contribution in [2.75, 3.05) is 12.0 Å². The second-order valence-corrected chi connectivity index (χ2v) is 4.06. The highest BCUT2D eigenvalue weighted by atomic mass is 32.3. The van der Waals surface area contributed by atoms with Gasteiger partial charge in [-0.3, -0.25) is 13.9 Å². The number of rotatable bonds is 4. The van der Waals surface area contributed by atoms with Crippen molar-refractivity contribution in [2.24, 2.45) is 5.73 Å². The fourth-order valence-electron chi connectivity index (χ4n) is 0.368. The molecule has 1 unspecified atom stereocenters. The standard InChI is InChI=1S/C5H11NO2S.H2O4S/c1-9-3-2-4(6)5(7)8;1-5(2,3)4/h4H,2-3,6H2,1H3,(H,7,8);(H2,1,2,3,4). The van der Waals surface area contributed by atoms with Gasteiger partial charge in [0.25, 0.3) is 0 Å². The fraction of sp³-hybridized carbons (Fsp3) is 0.800. The van der Waals surface area contributed by atoms with Crippen molar-refractivity contribution < 1.29 is 27.4 Å². The third-order valence-electron chi connectivity index (χ3n) is 0.950. The van der Waals surface area contributed by atoms with Crippen molar-refractivity contribution in [3.63, 3.8) is 0 Å². The Morgan fingerprint density at radius 1 is 1.50 bits per heavy atom. The zero-order chi connectivity index (χ0) is 11.8. The van der Waals surface area contributed by atoms with Gasteiger partial charge in [0, 0.05) is 0 Å². The average Bonchev–Trinajstić information content (AvgIpc) is 1.96. The van der Waals surface area contributed by atoms with Gasteiger partial charge >= 0.3 is 16.4 Å². The first kappa shape index (κ1) is 16.1. The van der Waals surface area contributed by atoms with Crippen LogP contribution >= 0.6 is 11.8 Å². The van der Waals surface area contributed by atoms with Gasteiger partial charge in [0.2, 0.25) is 0 Å². The van der Waals surface area contributed by atoms with E-state index < -0.39 is 22.4 Å². The molecule has 14 heavy (non-hydrogen) atoms. The quantitative estimate of drug-likeness (QED) is 0.488. The summed E-state index contributed by atoms with van der Waals surface area (Å²) in [6, 6.07) is -0.683. The number of nitrogens with two attached hydrogens (primary N) is 1. The Morgan fingerprint density at radius 3 is 2.07 bits per heavy atom. The molecule has 0 bridgehead atoms. The maximum absolute atomic E-state index is 10.1. The first-order chi connectivity index (χ1) is 6.18. The molecule has 0 saturated heterocycles. The molecule has 0 aromatic rings. The van der Waals surface area contributed by atoms with Crippen LogP contribution < -0.4 is 5.73 Å². The average molecular weight is 247 g/mol. The molecule has 0 aliphatic heterocycles. The molecule has 0 heterocycles. The van der Waals surface area contributed by atoms with Gasteiger partial charge in [-0.2, -0.15) is 20.2 Å². The van der Waals surface area contributed by atoms with Gasteiger partial charge in [-0.15, -0.1) is 0 Å². The van der Waals surface area contributed by atoms with E-state index in [9.17, 15) is 4.79 Å². The predicted octanol–water partition coefficient (Wildman–Crippen LogP) is -0.501. The Balaban J connectivity index is 0. The van der Waals surface area contributed by atoms with E-state index in [0.717, 1.165) is 5.75 Å². The summed E-state index contributed by atoms with van der Waals surface area (Å²) in [5, 5.41) is 8.27. The Kier molecular flexibility index (Phi) is 9.20. The molecule has 0 rings (SSSR count). The highest BCUT2D eigenvalue weighted by Gasteiger charge is 2.08. The van der Waals surface area contributed by atoms with E-state index in [-0.39, 0.29) is 0 Å². The summed E-state index contributed by atoms with van der Waals surface area (Å²) in [4.78, 5) is 10.1. The minimum atomic E-state index is -4.67. The third-order valence-corrected chi connectivity index (χ3v) is 1.59. The number of thioether (sulfide) groups is 1. The molecule has 5 N–H and O–H groups in total. The van der Waals surface area contributed by atoms with Crippen molar-refractivity contribution in [1.29, 1.82) is 0 Å². The smallest absolute Gasteiger partial charge is 0.394 e. The van der Waals surface area contributed by atoms with E-state index in [0.29, 0.717) is 6.42 Å². The number of hydrogen-bond donors (Lipinski definition) is 4. The van der Waals surface area contributed by atoms with Crippen LogP contribution in [0.2, 0.25) is 0 Å². The molecule has 0 amide bonds. The van der Waals surface area contributed by atoms with E-state index in [1.807, 2.05) is 6.26 Å². The Morgan fingerprint density at radius 2 is 1.86 bits per heavy atom. The van der Waals surface area contributed by atoms with Crippen molar-refractivity contribution in [3.8, 4) is 0 Å². The van der Waals surface area contributed by atoms with E-state index in [1.54, 1.807) is 11.8 Å². The van der Waals surface area contributed by atoms with Crippen LogP contribution in [0.5, 0.6) is 0 Å². The SMILES string of the molecule is CSCCC(N)C(=O)O.O=S(=O)(O)O. The van der Waals surface area contributed by atoms with Gasteiger partial charge in [0.1, 0.15) is 6.04 Å². The van der Waals surface area contributed by atoms with Crippen LogP contribution in [0, 0.1) is 0 Å². The normalized spacial score (nSPS) is 12.6. The number of aliphatic carboxylic acids is 1. The molecule has 1 atom stereocenters. The summed E-state index contributed by atoms with van der Waals surface area (Å²) in [6.45, 7) is 0. The van der Waals surface area contributed by atoms with Crippen LogP contribution in [-0.4, -0.2) is 46.6 Å². The molecule has 86 valence electrons. The number of carboxylic acid groups (broad SMARTS) is 1.